The number of carbonyl (C=O) groups excluding carboxylic acids is 3. The minimum atomic E-state index is -4.95. The van der Waals surface area contributed by atoms with E-state index < -0.39 is 81.5 Å². The van der Waals surface area contributed by atoms with Crippen molar-refractivity contribution in [1.29, 1.82) is 0 Å². The van der Waals surface area contributed by atoms with Crippen LogP contribution in [0.5, 0.6) is 0 Å². The molecule has 3 rings (SSSR count). The topological polar surface area (TPSA) is 134 Å². The molecule has 0 bridgehead atoms. The second kappa shape index (κ2) is 13.2. The van der Waals surface area contributed by atoms with Gasteiger partial charge in [-0.2, -0.15) is 17.5 Å². The summed E-state index contributed by atoms with van der Waals surface area (Å²) in [6.45, 7) is 5.20. The fraction of sp³-hybridized carbons (Fsp3) is 0.536. The van der Waals surface area contributed by atoms with Gasteiger partial charge in [-0.25, -0.2) is 17.8 Å². The summed E-state index contributed by atoms with van der Waals surface area (Å²) in [6.07, 6.45) is -5.57. The third-order valence-electron chi connectivity index (χ3n) is 6.59. The number of ether oxygens (including phenoxy) is 1. The molecule has 1 N–H and O–H groups in total. The molecular formula is C28H35F5N6O5S. The molecular weight excluding hydrogens is 627 g/mol. The molecule has 1 aliphatic heterocycles. The van der Waals surface area contributed by atoms with E-state index >= 15 is 0 Å². The predicted molar refractivity (Wildman–Crippen MR) is 156 cm³/mol. The van der Waals surface area contributed by atoms with Crippen LogP contribution in [0.1, 0.15) is 61.6 Å². The first-order chi connectivity index (χ1) is 20.6. The minimum absolute atomic E-state index is 0.00119. The Morgan fingerprint density at radius 2 is 1.80 bits per heavy atom. The summed E-state index contributed by atoms with van der Waals surface area (Å²) in [4.78, 5) is 40.5. The SMILES string of the molecule is Cc1c(C(F)(F)F)nnc(N2CCCC(F)(F)CC2)c1C(=O)Nc1cccc([S@](C)(=O)=NC(=O)CN(C)C(=O)OC(C)(C)C)c1. The molecule has 1 saturated heterocycles. The van der Waals surface area contributed by atoms with Crippen molar-refractivity contribution in [2.75, 3.05) is 43.2 Å². The summed E-state index contributed by atoms with van der Waals surface area (Å²) in [6, 6.07) is 5.36. The number of hydrogen-bond donors (Lipinski definition) is 1. The van der Waals surface area contributed by atoms with E-state index in [1.165, 1.54) is 42.5 Å². The lowest BCUT2D eigenvalue weighted by atomic mass is 10.1. The van der Waals surface area contributed by atoms with E-state index in [9.17, 15) is 40.5 Å². The molecule has 248 valence electrons. The van der Waals surface area contributed by atoms with Gasteiger partial charge in [0.25, 0.3) is 11.8 Å². The number of likely N-dealkylation sites (N-methyl/N-ethyl adjacent to an activating group) is 1. The summed E-state index contributed by atoms with van der Waals surface area (Å²) in [5.41, 5.74) is -3.27. The first kappa shape index (κ1) is 35.6. The average molecular weight is 663 g/mol. The summed E-state index contributed by atoms with van der Waals surface area (Å²) in [7, 11) is -2.11. The van der Waals surface area contributed by atoms with Gasteiger partial charge in [0.05, 0.1) is 15.3 Å². The molecule has 1 fully saturated rings. The molecule has 1 atom stereocenters. The normalized spacial score (nSPS) is 16.6. The average Bonchev–Trinajstić information content (AvgIpc) is 3.06. The Bertz CT molecular complexity index is 1580. The Hall–Kier alpha value is -3.89. The Labute approximate surface area is 257 Å². The smallest absolute Gasteiger partial charge is 0.435 e. The Morgan fingerprint density at radius 1 is 1.13 bits per heavy atom. The monoisotopic (exact) mass is 662 g/mol. The van der Waals surface area contributed by atoms with E-state index in [-0.39, 0.29) is 35.9 Å². The van der Waals surface area contributed by atoms with Crippen LogP contribution in [0.25, 0.3) is 0 Å². The van der Waals surface area contributed by atoms with E-state index in [4.69, 9.17) is 4.74 Å². The maximum Gasteiger partial charge on any atom is 0.435 e. The Morgan fingerprint density at radius 3 is 2.42 bits per heavy atom. The second-order valence-electron chi connectivity index (χ2n) is 11.7. The van der Waals surface area contributed by atoms with E-state index in [0.717, 1.165) is 11.8 Å². The zero-order valence-corrected chi connectivity index (χ0v) is 26.4. The van der Waals surface area contributed by atoms with Crippen molar-refractivity contribution in [2.24, 2.45) is 4.36 Å². The molecule has 45 heavy (non-hydrogen) atoms. The molecule has 1 aromatic carbocycles. The van der Waals surface area contributed by atoms with Crippen molar-refractivity contribution in [3.05, 3.63) is 41.1 Å². The van der Waals surface area contributed by atoms with Gasteiger partial charge in [-0.15, -0.1) is 10.2 Å². The van der Waals surface area contributed by atoms with Gasteiger partial charge in [0.15, 0.2) is 11.5 Å². The van der Waals surface area contributed by atoms with Crippen LogP contribution in [-0.4, -0.2) is 81.7 Å². The second-order valence-corrected chi connectivity index (χ2v) is 13.9. The van der Waals surface area contributed by atoms with Crippen molar-refractivity contribution in [3.8, 4) is 0 Å². The van der Waals surface area contributed by atoms with E-state index in [0.29, 0.717) is 0 Å². The summed E-state index contributed by atoms with van der Waals surface area (Å²) < 4.78 is 91.4. The lowest BCUT2D eigenvalue weighted by molar-refractivity contribution is -0.142. The van der Waals surface area contributed by atoms with Crippen LogP contribution < -0.4 is 10.2 Å². The highest BCUT2D eigenvalue weighted by Gasteiger charge is 2.39. The number of amides is 3. The predicted octanol–water partition coefficient (Wildman–Crippen LogP) is 5.53. The summed E-state index contributed by atoms with van der Waals surface area (Å²) >= 11 is 0. The number of carbonyl (C=O) groups is 3. The van der Waals surface area contributed by atoms with Gasteiger partial charge in [-0.1, -0.05) is 6.07 Å². The van der Waals surface area contributed by atoms with Gasteiger partial charge in [0.2, 0.25) is 5.92 Å². The van der Waals surface area contributed by atoms with Crippen LogP contribution in [-0.2, 0) is 25.4 Å². The third-order valence-corrected chi connectivity index (χ3v) is 8.28. The highest BCUT2D eigenvalue weighted by Crippen LogP contribution is 2.36. The van der Waals surface area contributed by atoms with Gasteiger partial charge in [-0.05, 0) is 57.9 Å². The first-order valence-electron chi connectivity index (χ1n) is 13.8. The fourth-order valence-electron chi connectivity index (χ4n) is 4.43. The fourth-order valence-corrected chi connectivity index (χ4v) is 5.66. The van der Waals surface area contributed by atoms with Gasteiger partial charge in [0.1, 0.15) is 12.1 Å². The summed E-state index contributed by atoms with van der Waals surface area (Å²) in [5.74, 6) is -5.18. The Kier molecular flexibility index (Phi) is 10.5. The molecule has 17 heteroatoms. The van der Waals surface area contributed by atoms with Crippen molar-refractivity contribution in [3.63, 3.8) is 0 Å². The highest BCUT2D eigenvalue weighted by atomic mass is 32.2. The number of aromatic nitrogens is 2. The zero-order chi connectivity index (χ0) is 34.0. The van der Waals surface area contributed by atoms with Gasteiger partial charge in [-0.3, -0.25) is 9.59 Å². The van der Waals surface area contributed by atoms with E-state index in [1.54, 1.807) is 20.8 Å². The van der Waals surface area contributed by atoms with Crippen LogP contribution in [0.2, 0.25) is 0 Å². The standard InChI is InChI=1S/C28H35F5N6O5S/c1-17-21(23(36-35-22(17)28(31,32)33)39-13-8-11-27(29,30)12-14-39)24(41)34-18-9-7-10-19(15-18)45(6,43)37-20(40)16-38(5)25(42)44-26(2,3)4/h7,9-10,15H,8,11-14,16H2,1-6H3,(H,34,41)/t45-/m0/s1. The molecule has 2 heterocycles. The molecule has 0 aliphatic carbocycles. The van der Waals surface area contributed by atoms with Crippen molar-refractivity contribution in [1.82, 2.24) is 15.1 Å². The van der Waals surface area contributed by atoms with Crippen LogP contribution in [0, 0.1) is 6.92 Å². The molecule has 11 nitrogen and oxygen atoms in total. The van der Waals surface area contributed by atoms with E-state index in [1.807, 2.05) is 0 Å². The lowest BCUT2D eigenvalue weighted by Crippen LogP contribution is -2.37. The molecule has 0 unspecified atom stereocenters. The van der Waals surface area contributed by atoms with Gasteiger partial charge < -0.3 is 19.9 Å². The molecule has 1 aromatic heterocycles. The number of halogens is 5. The van der Waals surface area contributed by atoms with Crippen molar-refractivity contribution in [2.45, 2.75) is 69.6 Å². The first-order valence-corrected chi connectivity index (χ1v) is 15.7. The molecule has 0 spiro atoms. The molecule has 3 amide bonds. The highest BCUT2D eigenvalue weighted by molar-refractivity contribution is 7.93. The van der Waals surface area contributed by atoms with Gasteiger partial charge >= 0.3 is 12.3 Å². The quantitative estimate of drug-likeness (QED) is 0.399. The van der Waals surface area contributed by atoms with Crippen molar-refractivity contribution >= 4 is 39.1 Å². The zero-order valence-electron chi connectivity index (χ0n) is 25.6. The molecule has 2 aromatic rings. The van der Waals surface area contributed by atoms with Gasteiger partial charge in [0, 0.05) is 49.8 Å². The number of alkyl halides is 5. The summed E-state index contributed by atoms with van der Waals surface area (Å²) in [5, 5.41) is 9.36. The molecule has 0 radical (unpaired) electrons. The molecule has 0 saturated carbocycles. The van der Waals surface area contributed by atoms with E-state index in [2.05, 4.69) is 19.9 Å². The number of benzene rings is 1. The number of rotatable bonds is 6. The largest absolute Gasteiger partial charge is 0.444 e. The maximum atomic E-state index is 14.0. The number of nitrogens with zero attached hydrogens (tertiary/aromatic N) is 5. The van der Waals surface area contributed by atoms with Crippen LogP contribution in [0.3, 0.4) is 0 Å². The number of hydrogen-bond acceptors (Lipinski definition) is 8. The maximum absolute atomic E-state index is 14.0. The number of anilines is 2. The van der Waals surface area contributed by atoms with Crippen LogP contribution in [0.15, 0.2) is 33.5 Å². The van der Waals surface area contributed by atoms with Crippen molar-refractivity contribution < 1.29 is 45.3 Å². The Balaban J connectivity index is 1.91. The lowest BCUT2D eigenvalue weighted by Gasteiger charge is -2.25. The molecule has 1 aliphatic rings. The van der Waals surface area contributed by atoms with Crippen LogP contribution >= 0.6 is 0 Å². The van der Waals surface area contributed by atoms with Crippen LogP contribution in [0.4, 0.5) is 38.3 Å². The third kappa shape index (κ3) is 9.55. The minimum Gasteiger partial charge on any atom is -0.444 e. The number of nitrogens with one attached hydrogen (secondary N) is 1.